The average Bonchev–Trinajstić information content (AvgIpc) is 3.13. The first-order chi connectivity index (χ1) is 13.9. The number of nitrogens with one attached hydrogen (secondary N) is 1. The molecule has 3 rings (SSSR count). The highest BCUT2D eigenvalue weighted by atomic mass is 16.6. The Bertz CT molecular complexity index is 1130. The molecule has 0 spiro atoms. The van der Waals surface area contributed by atoms with Gasteiger partial charge in [-0.15, -0.1) is 6.58 Å². The van der Waals surface area contributed by atoms with Crippen molar-refractivity contribution in [3.63, 3.8) is 0 Å². The molecule has 1 amide bonds. The highest BCUT2D eigenvalue weighted by Crippen LogP contribution is 2.31. The minimum atomic E-state index is -0.614. The topological polar surface area (TPSA) is 127 Å². The highest BCUT2D eigenvalue weighted by molar-refractivity contribution is 5.97. The molecule has 2 N–H and O–H groups in total. The number of hydrogen-bond acceptors (Lipinski definition) is 7. The first kappa shape index (κ1) is 19.6. The number of aromatic hydroxyl groups is 1. The molecule has 0 aliphatic carbocycles. The summed E-state index contributed by atoms with van der Waals surface area (Å²) in [6.45, 7) is 3.64. The fourth-order valence-corrected chi connectivity index (χ4v) is 2.71. The van der Waals surface area contributed by atoms with E-state index in [1.165, 1.54) is 37.6 Å². The molecule has 29 heavy (non-hydrogen) atoms. The Balaban J connectivity index is 1.77. The Morgan fingerprint density at radius 2 is 2.17 bits per heavy atom. The van der Waals surface area contributed by atoms with Gasteiger partial charge >= 0.3 is 5.91 Å². The molecule has 0 radical (unpaired) electrons. The minimum absolute atomic E-state index is 0.0185. The Labute approximate surface area is 165 Å². The van der Waals surface area contributed by atoms with Gasteiger partial charge in [0.1, 0.15) is 5.58 Å². The first-order valence-electron chi connectivity index (χ1n) is 8.45. The molecule has 1 aromatic heterocycles. The number of nitrogens with zero attached hydrogens (tertiary/aromatic N) is 2. The number of amides is 1. The summed E-state index contributed by atoms with van der Waals surface area (Å²) in [5.41, 5.74) is 3.78. The van der Waals surface area contributed by atoms with Crippen molar-refractivity contribution in [1.29, 1.82) is 0 Å². The molecule has 0 aliphatic heterocycles. The van der Waals surface area contributed by atoms with Crippen LogP contribution in [-0.2, 0) is 6.42 Å². The maximum absolute atomic E-state index is 12.2. The number of furan rings is 1. The summed E-state index contributed by atoms with van der Waals surface area (Å²) < 4.78 is 10.5. The van der Waals surface area contributed by atoms with E-state index >= 15 is 0 Å². The number of phenolic OH excluding ortho intramolecular Hbond substituents is 1. The molecule has 0 atom stereocenters. The van der Waals surface area contributed by atoms with Crippen LogP contribution in [0.3, 0.4) is 0 Å². The number of nitro groups is 1. The zero-order valence-electron chi connectivity index (χ0n) is 15.4. The fourth-order valence-electron chi connectivity index (χ4n) is 2.71. The van der Waals surface area contributed by atoms with Crippen molar-refractivity contribution in [3.8, 4) is 11.5 Å². The number of benzene rings is 2. The number of allylic oxidation sites excluding steroid dienone is 1. The van der Waals surface area contributed by atoms with Gasteiger partial charge in [0.25, 0.3) is 5.69 Å². The van der Waals surface area contributed by atoms with Crippen LogP contribution in [0.25, 0.3) is 11.0 Å². The quantitative estimate of drug-likeness (QED) is 0.273. The Morgan fingerprint density at radius 1 is 1.38 bits per heavy atom. The Morgan fingerprint density at radius 3 is 2.86 bits per heavy atom. The lowest BCUT2D eigenvalue weighted by Gasteiger charge is -2.09. The summed E-state index contributed by atoms with van der Waals surface area (Å²) >= 11 is 0. The minimum Gasteiger partial charge on any atom is -0.504 e. The molecule has 2 aromatic carbocycles. The second kappa shape index (κ2) is 8.26. The summed E-state index contributed by atoms with van der Waals surface area (Å²) in [7, 11) is 1.43. The van der Waals surface area contributed by atoms with Crippen molar-refractivity contribution < 1.29 is 24.0 Å². The van der Waals surface area contributed by atoms with Crippen LogP contribution in [0.4, 0.5) is 5.69 Å². The molecule has 0 saturated carbocycles. The number of phenols is 1. The predicted octanol–water partition coefficient (Wildman–Crippen LogP) is 3.55. The van der Waals surface area contributed by atoms with Crippen LogP contribution in [0.1, 0.15) is 21.7 Å². The van der Waals surface area contributed by atoms with E-state index in [1.54, 1.807) is 18.2 Å². The van der Waals surface area contributed by atoms with E-state index < -0.39 is 10.8 Å². The number of methoxy groups -OCH3 is 1. The van der Waals surface area contributed by atoms with E-state index in [2.05, 4.69) is 17.1 Å². The van der Waals surface area contributed by atoms with Crippen LogP contribution < -0.4 is 10.2 Å². The third-order valence-electron chi connectivity index (χ3n) is 4.07. The molecule has 148 valence electrons. The van der Waals surface area contributed by atoms with Crippen LogP contribution >= 0.6 is 0 Å². The van der Waals surface area contributed by atoms with E-state index in [0.717, 1.165) is 0 Å². The van der Waals surface area contributed by atoms with Crippen molar-refractivity contribution in [2.75, 3.05) is 7.11 Å². The molecule has 3 aromatic rings. The second-order valence-electron chi connectivity index (χ2n) is 6.01. The van der Waals surface area contributed by atoms with Gasteiger partial charge in [0.05, 0.1) is 18.2 Å². The van der Waals surface area contributed by atoms with Crippen molar-refractivity contribution in [1.82, 2.24) is 5.43 Å². The number of nitro benzene ring substituents is 1. The van der Waals surface area contributed by atoms with E-state index in [1.807, 2.05) is 0 Å². The lowest BCUT2D eigenvalue weighted by molar-refractivity contribution is -0.384. The molecule has 0 unspecified atom stereocenters. The summed E-state index contributed by atoms with van der Waals surface area (Å²) in [5, 5.41) is 25.2. The summed E-state index contributed by atoms with van der Waals surface area (Å²) in [5.74, 6) is -0.355. The molecular formula is C20H17N3O6. The van der Waals surface area contributed by atoms with Crippen LogP contribution in [-0.4, -0.2) is 29.3 Å². The predicted molar refractivity (Wildman–Crippen MR) is 106 cm³/mol. The van der Waals surface area contributed by atoms with Gasteiger partial charge in [-0.1, -0.05) is 6.08 Å². The largest absolute Gasteiger partial charge is 0.504 e. The van der Waals surface area contributed by atoms with E-state index in [0.29, 0.717) is 28.5 Å². The summed E-state index contributed by atoms with van der Waals surface area (Å²) in [6, 6.07) is 8.71. The van der Waals surface area contributed by atoms with Gasteiger partial charge in [-0.3, -0.25) is 14.9 Å². The lowest BCUT2D eigenvalue weighted by atomic mass is 10.1. The van der Waals surface area contributed by atoms with Crippen LogP contribution in [0.15, 0.2) is 58.6 Å². The Kier molecular flexibility index (Phi) is 5.59. The standard InChI is InChI=1S/C20H17N3O6/c1-3-4-13-7-12(8-17(28-2)19(13)24)11-21-22-20(25)18-10-14-9-15(23(26)27)5-6-16(14)29-18/h3,5-11,24H,1,4H2,2H3,(H,22,25)/b21-11-. The number of carbonyl (C=O) groups excluding carboxylic acids is 1. The van der Waals surface area contributed by atoms with E-state index in [-0.39, 0.29) is 22.9 Å². The first-order valence-corrected chi connectivity index (χ1v) is 8.45. The fraction of sp³-hybridized carbons (Fsp3) is 0.100. The van der Waals surface area contributed by atoms with Gasteiger partial charge in [-0.25, -0.2) is 5.43 Å². The molecule has 1 heterocycles. The molecule has 0 bridgehead atoms. The van der Waals surface area contributed by atoms with E-state index in [9.17, 15) is 20.0 Å². The smallest absolute Gasteiger partial charge is 0.307 e. The van der Waals surface area contributed by atoms with Crippen LogP contribution in [0, 0.1) is 10.1 Å². The number of non-ortho nitro benzene ring substituents is 1. The summed E-state index contributed by atoms with van der Waals surface area (Å²) in [6.07, 6.45) is 3.46. The molecular weight excluding hydrogens is 378 g/mol. The van der Waals surface area contributed by atoms with Crippen molar-refractivity contribution in [2.24, 2.45) is 5.10 Å². The average molecular weight is 395 g/mol. The third kappa shape index (κ3) is 4.24. The number of carbonyl (C=O) groups is 1. The van der Waals surface area contributed by atoms with Gasteiger partial charge in [-0.2, -0.15) is 5.10 Å². The zero-order chi connectivity index (χ0) is 21.0. The van der Waals surface area contributed by atoms with Gasteiger partial charge in [0.15, 0.2) is 17.3 Å². The third-order valence-corrected chi connectivity index (χ3v) is 4.07. The SMILES string of the molecule is C=CCc1cc(/C=N\NC(=O)c2cc3cc([N+](=O)[O-])ccc3o2)cc(OC)c1O. The normalized spacial score (nSPS) is 10.9. The van der Waals surface area contributed by atoms with Crippen molar-refractivity contribution in [2.45, 2.75) is 6.42 Å². The van der Waals surface area contributed by atoms with Gasteiger partial charge < -0.3 is 14.3 Å². The number of ether oxygens (including phenoxy) is 1. The van der Waals surface area contributed by atoms with Crippen LogP contribution in [0.2, 0.25) is 0 Å². The molecule has 0 fully saturated rings. The summed E-state index contributed by atoms with van der Waals surface area (Å²) in [4.78, 5) is 22.6. The number of fused-ring (bicyclic) bond motifs is 1. The van der Waals surface area contributed by atoms with Gasteiger partial charge in [0.2, 0.25) is 0 Å². The number of hydrazone groups is 1. The highest BCUT2D eigenvalue weighted by Gasteiger charge is 2.15. The number of rotatable bonds is 7. The van der Waals surface area contributed by atoms with Gasteiger partial charge in [0, 0.05) is 23.1 Å². The second-order valence-corrected chi connectivity index (χ2v) is 6.01. The van der Waals surface area contributed by atoms with Crippen molar-refractivity contribution in [3.05, 3.63) is 76.1 Å². The lowest BCUT2D eigenvalue weighted by Crippen LogP contribution is -2.16. The number of hydrogen-bond donors (Lipinski definition) is 2. The van der Waals surface area contributed by atoms with Crippen molar-refractivity contribution >= 4 is 28.8 Å². The maximum atomic E-state index is 12.2. The molecule has 9 nitrogen and oxygen atoms in total. The molecule has 9 heteroatoms. The van der Waals surface area contributed by atoms with E-state index in [4.69, 9.17) is 9.15 Å². The Hall–Kier alpha value is -4.14. The zero-order valence-corrected chi connectivity index (χ0v) is 15.4. The monoisotopic (exact) mass is 395 g/mol. The van der Waals surface area contributed by atoms with Gasteiger partial charge in [-0.05, 0) is 36.2 Å². The van der Waals surface area contributed by atoms with Crippen LogP contribution in [0.5, 0.6) is 11.5 Å². The molecule has 0 saturated heterocycles. The maximum Gasteiger partial charge on any atom is 0.307 e. The molecule has 0 aliphatic rings.